The van der Waals surface area contributed by atoms with Gasteiger partial charge in [0.05, 0.1) is 29.1 Å². The zero-order chi connectivity index (χ0) is 21.1. The second-order valence-corrected chi connectivity index (χ2v) is 6.70. The van der Waals surface area contributed by atoms with Gasteiger partial charge >= 0.3 is 12.0 Å². The number of aliphatic carboxylic acids is 1. The Labute approximate surface area is 171 Å². The number of anilines is 1. The highest BCUT2D eigenvalue weighted by molar-refractivity contribution is 5.95. The lowest BCUT2D eigenvalue weighted by atomic mass is 10.0. The monoisotopic (exact) mass is 406 g/mol. The molecule has 3 N–H and O–H groups in total. The van der Waals surface area contributed by atoms with Crippen molar-refractivity contribution in [3.05, 3.63) is 47.2 Å². The van der Waals surface area contributed by atoms with Crippen LogP contribution in [-0.4, -0.2) is 34.4 Å². The quantitative estimate of drug-likeness (QED) is 0.447. The predicted octanol–water partition coefficient (Wildman–Crippen LogP) is 2.65. The Kier molecular flexibility index (Phi) is 5.22. The number of rotatable bonds is 7. The summed E-state index contributed by atoms with van der Waals surface area (Å²) in [6.07, 6.45) is 0.736. The Morgan fingerprint density at radius 3 is 2.87 bits per heavy atom. The fourth-order valence-corrected chi connectivity index (χ4v) is 3.22. The number of hydrogen-bond acceptors (Lipinski definition) is 8. The van der Waals surface area contributed by atoms with Gasteiger partial charge in [-0.05, 0) is 36.2 Å². The molecular weight excluding hydrogens is 388 g/mol. The second-order valence-electron chi connectivity index (χ2n) is 6.70. The van der Waals surface area contributed by atoms with Gasteiger partial charge in [0.1, 0.15) is 6.07 Å². The van der Waals surface area contributed by atoms with E-state index in [1.807, 2.05) is 18.2 Å². The first kappa shape index (κ1) is 19.3. The normalized spacial score (nSPS) is 12.0. The van der Waals surface area contributed by atoms with Gasteiger partial charge in [0.2, 0.25) is 6.79 Å². The summed E-state index contributed by atoms with van der Waals surface area (Å²) in [4.78, 5) is 19.5. The lowest BCUT2D eigenvalue weighted by Gasteiger charge is -2.12. The molecular formula is C21H18N4O5. The Bertz CT molecular complexity index is 1170. The number of carbonyl (C=O) groups is 1. The molecule has 3 aromatic rings. The molecule has 2 heterocycles. The molecule has 0 fully saturated rings. The van der Waals surface area contributed by atoms with Crippen molar-refractivity contribution in [2.45, 2.75) is 19.3 Å². The second kappa shape index (κ2) is 8.13. The van der Waals surface area contributed by atoms with Crippen molar-refractivity contribution in [2.75, 3.05) is 19.1 Å². The van der Waals surface area contributed by atoms with Gasteiger partial charge in [-0.1, -0.05) is 6.07 Å². The number of carboxylic acids is 1. The Morgan fingerprint density at radius 1 is 1.23 bits per heavy atom. The molecule has 2 aromatic carbocycles. The molecule has 0 bridgehead atoms. The number of nitriles is 1. The SMILES string of the molecule is N#Cc1ccc2nc(OCCCC(=O)O)nc(Cc3ccc4c(c3)OCO4)c2c1N. The first-order chi connectivity index (χ1) is 14.5. The number of aromatic nitrogens is 2. The Morgan fingerprint density at radius 2 is 2.07 bits per heavy atom. The highest BCUT2D eigenvalue weighted by atomic mass is 16.7. The van der Waals surface area contributed by atoms with Crippen LogP contribution < -0.4 is 19.9 Å². The van der Waals surface area contributed by atoms with E-state index in [4.69, 9.17) is 25.1 Å². The van der Waals surface area contributed by atoms with E-state index >= 15 is 0 Å². The van der Waals surface area contributed by atoms with Gasteiger partial charge in [0.15, 0.2) is 11.5 Å². The van der Waals surface area contributed by atoms with Crippen molar-refractivity contribution >= 4 is 22.6 Å². The smallest absolute Gasteiger partial charge is 0.317 e. The third-order valence-electron chi connectivity index (χ3n) is 4.65. The average Bonchev–Trinajstić information content (AvgIpc) is 3.19. The van der Waals surface area contributed by atoms with E-state index in [-0.39, 0.29) is 25.8 Å². The highest BCUT2D eigenvalue weighted by Crippen LogP contribution is 2.34. The maximum absolute atomic E-state index is 10.7. The number of benzene rings is 2. The van der Waals surface area contributed by atoms with E-state index in [1.165, 1.54) is 0 Å². The number of carboxylic acid groups (broad SMARTS) is 1. The van der Waals surface area contributed by atoms with Crippen LogP contribution in [0.4, 0.5) is 5.69 Å². The average molecular weight is 406 g/mol. The summed E-state index contributed by atoms with van der Waals surface area (Å²) in [5.74, 6) is 0.444. The van der Waals surface area contributed by atoms with Crippen LogP contribution in [-0.2, 0) is 11.2 Å². The summed E-state index contributed by atoms with van der Waals surface area (Å²) >= 11 is 0. The van der Waals surface area contributed by atoms with Crippen LogP contribution in [0.15, 0.2) is 30.3 Å². The standard InChI is InChI=1S/C21H18N4O5/c22-10-13-4-5-14-19(20(13)23)15(25-21(24-14)28-7-1-2-18(26)27)8-12-3-6-16-17(9-12)30-11-29-16/h3-6,9H,1-2,7-8,11,23H2,(H,26,27). The summed E-state index contributed by atoms with van der Waals surface area (Å²) in [5.41, 5.74) is 8.94. The fraction of sp³-hybridized carbons (Fsp3) is 0.238. The summed E-state index contributed by atoms with van der Waals surface area (Å²) in [6.45, 7) is 0.356. The van der Waals surface area contributed by atoms with Crippen LogP contribution in [0.25, 0.3) is 10.9 Å². The molecule has 0 radical (unpaired) electrons. The van der Waals surface area contributed by atoms with E-state index in [0.29, 0.717) is 52.2 Å². The first-order valence-corrected chi connectivity index (χ1v) is 9.27. The van der Waals surface area contributed by atoms with Gasteiger partial charge in [-0.15, -0.1) is 0 Å². The van der Waals surface area contributed by atoms with Crippen LogP contribution in [0.3, 0.4) is 0 Å². The summed E-state index contributed by atoms with van der Waals surface area (Å²) in [5, 5.41) is 18.7. The predicted molar refractivity (Wildman–Crippen MR) is 106 cm³/mol. The van der Waals surface area contributed by atoms with Crippen molar-refractivity contribution in [3.8, 4) is 23.6 Å². The van der Waals surface area contributed by atoms with Crippen LogP contribution in [0, 0.1) is 11.3 Å². The summed E-state index contributed by atoms with van der Waals surface area (Å²) < 4.78 is 16.4. The minimum atomic E-state index is -0.890. The van der Waals surface area contributed by atoms with Crippen LogP contribution in [0.1, 0.15) is 29.7 Å². The number of nitrogens with two attached hydrogens (primary N) is 1. The molecule has 0 spiro atoms. The minimum Gasteiger partial charge on any atom is -0.481 e. The van der Waals surface area contributed by atoms with Crippen molar-refractivity contribution in [2.24, 2.45) is 0 Å². The van der Waals surface area contributed by atoms with E-state index in [9.17, 15) is 10.1 Å². The molecule has 152 valence electrons. The molecule has 4 rings (SSSR count). The van der Waals surface area contributed by atoms with Crippen LogP contribution >= 0.6 is 0 Å². The topological polar surface area (TPSA) is 141 Å². The van der Waals surface area contributed by atoms with E-state index in [0.717, 1.165) is 5.56 Å². The molecule has 0 unspecified atom stereocenters. The number of nitrogen functional groups attached to an aromatic ring is 1. The molecule has 1 aliphatic heterocycles. The largest absolute Gasteiger partial charge is 0.481 e. The van der Waals surface area contributed by atoms with E-state index in [1.54, 1.807) is 12.1 Å². The number of ether oxygens (including phenoxy) is 3. The zero-order valence-electron chi connectivity index (χ0n) is 15.9. The van der Waals surface area contributed by atoms with Crippen molar-refractivity contribution in [3.63, 3.8) is 0 Å². The summed E-state index contributed by atoms with van der Waals surface area (Å²) in [6, 6.07) is 11.1. The number of fused-ring (bicyclic) bond motifs is 2. The van der Waals surface area contributed by atoms with Gasteiger partial charge in [-0.2, -0.15) is 15.2 Å². The third-order valence-corrected chi connectivity index (χ3v) is 4.65. The van der Waals surface area contributed by atoms with Gasteiger partial charge in [-0.25, -0.2) is 0 Å². The minimum absolute atomic E-state index is 0.00386. The van der Waals surface area contributed by atoms with Gasteiger partial charge in [0, 0.05) is 18.2 Å². The maximum Gasteiger partial charge on any atom is 0.317 e. The molecule has 0 saturated carbocycles. The lowest BCUT2D eigenvalue weighted by Crippen LogP contribution is -2.07. The van der Waals surface area contributed by atoms with Gasteiger partial charge < -0.3 is 25.1 Å². The van der Waals surface area contributed by atoms with E-state index < -0.39 is 5.97 Å². The van der Waals surface area contributed by atoms with Crippen molar-refractivity contribution in [1.29, 1.82) is 5.26 Å². The van der Waals surface area contributed by atoms with Crippen molar-refractivity contribution in [1.82, 2.24) is 9.97 Å². The number of hydrogen-bond donors (Lipinski definition) is 2. The molecule has 30 heavy (non-hydrogen) atoms. The molecule has 0 atom stereocenters. The third kappa shape index (κ3) is 3.89. The van der Waals surface area contributed by atoms with Gasteiger partial charge in [0.25, 0.3) is 0 Å². The molecule has 0 aliphatic carbocycles. The molecule has 1 aromatic heterocycles. The molecule has 9 nitrogen and oxygen atoms in total. The summed E-state index contributed by atoms with van der Waals surface area (Å²) in [7, 11) is 0. The highest BCUT2D eigenvalue weighted by Gasteiger charge is 2.17. The fourth-order valence-electron chi connectivity index (χ4n) is 3.22. The molecule has 1 aliphatic rings. The van der Waals surface area contributed by atoms with E-state index in [2.05, 4.69) is 16.0 Å². The first-order valence-electron chi connectivity index (χ1n) is 9.27. The zero-order valence-corrected chi connectivity index (χ0v) is 15.9. The molecule has 0 saturated heterocycles. The number of nitrogens with zero attached hydrogens (tertiary/aromatic N) is 3. The Hall–Kier alpha value is -4.06. The van der Waals surface area contributed by atoms with Gasteiger partial charge in [-0.3, -0.25) is 4.79 Å². The Balaban J connectivity index is 1.70. The van der Waals surface area contributed by atoms with Crippen molar-refractivity contribution < 1.29 is 24.1 Å². The van der Waals surface area contributed by atoms with Crippen LogP contribution in [0.5, 0.6) is 17.5 Å². The maximum atomic E-state index is 10.7. The lowest BCUT2D eigenvalue weighted by molar-refractivity contribution is -0.137. The van der Waals surface area contributed by atoms with Crippen LogP contribution in [0.2, 0.25) is 0 Å². The molecule has 0 amide bonds. The molecule has 9 heteroatoms.